The van der Waals surface area contributed by atoms with Crippen LogP contribution in [-0.2, 0) is 11.2 Å². The van der Waals surface area contributed by atoms with Crippen molar-refractivity contribution in [1.29, 1.82) is 0 Å². The average Bonchev–Trinajstić information content (AvgIpc) is 2.36. The van der Waals surface area contributed by atoms with Crippen LogP contribution in [0.2, 0.25) is 0 Å². The van der Waals surface area contributed by atoms with Crippen molar-refractivity contribution in [1.82, 2.24) is 4.90 Å². The van der Waals surface area contributed by atoms with Crippen molar-refractivity contribution in [3.8, 4) is 0 Å². The van der Waals surface area contributed by atoms with Crippen LogP contribution in [0.3, 0.4) is 0 Å². The van der Waals surface area contributed by atoms with Crippen LogP contribution in [0.5, 0.6) is 0 Å². The van der Waals surface area contributed by atoms with Crippen LogP contribution in [0.15, 0.2) is 28.7 Å². The van der Waals surface area contributed by atoms with Crippen LogP contribution in [-0.4, -0.2) is 30.4 Å². The lowest BCUT2D eigenvalue weighted by Crippen LogP contribution is -2.42. The molecule has 0 saturated carbocycles. The van der Waals surface area contributed by atoms with Gasteiger partial charge in [0.15, 0.2) is 0 Å². The third-order valence-corrected chi connectivity index (χ3v) is 3.64. The van der Waals surface area contributed by atoms with Gasteiger partial charge in [-0.25, -0.2) is 0 Å². The Morgan fingerprint density at radius 3 is 2.63 bits per heavy atom. The molecule has 0 aromatic heterocycles. The van der Waals surface area contributed by atoms with Crippen molar-refractivity contribution in [2.45, 2.75) is 27.2 Å². The van der Waals surface area contributed by atoms with E-state index in [0.717, 1.165) is 16.6 Å². The zero-order valence-electron chi connectivity index (χ0n) is 11.9. The van der Waals surface area contributed by atoms with E-state index in [1.54, 1.807) is 0 Å². The Morgan fingerprint density at radius 1 is 1.42 bits per heavy atom. The molecule has 19 heavy (non-hydrogen) atoms. The molecule has 0 unspecified atom stereocenters. The Kier molecular flexibility index (Phi) is 6.01. The van der Waals surface area contributed by atoms with Crippen molar-refractivity contribution in [3.63, 3.8) is 0 Å². The number of halogens is 1. The summed E-state index contributed by atoms with van der Waals surface area (Å²) in [7, 11) is 0. The van der Waals surface area contributed by atoms with Crippen molar-refractivity contribution in [3.05, 3.63) is 34.3 Å². The minimum Gasteiger partial charge on any atom is -0.342 e. The number of nitrogens with zero attached hydrogens (tertiary/aromatic N) is 1. The minimum atomic E-state index is -0.0387. The van der Waals surface area contributed by atoms with Crippen LogP contribution in [0.25, 0.3) is 0 Å². The minimum absolute atomic E-state index is 0.0387. The number of hydrogen-bond acceptors (Lipinski definition) is 2. The second-order valence-electron chi connectivity index (χ2n) is 5.58. The quantitative estimate of drug-likeness (QED) is 0.873. The molecule has 106 valence electrons. The summed E-state index contributed by atoms with van der Waals surface area (Å²) in [5.41, 5.74) is 6.73. The molecule has 2 N–H and O–H groups in total. The highest BCUT2D eigenvalue weighted by molar-refractivity contribution is 9.10. The fraction of sp³-hybridized carbons (Fsp3) is 0.533. The lowest BCUT2D eigenvalue weighted by Gasteiger charge is -2.31. The Hall–Kier alpha value is -0.870. The molecule has 4 heteroatoms. The predicted octanol–water partition coefficient (Wildman–Crippen LogP) is 2.83. The maximum atomic E-state index is 12.3. The van der Waals surface area contributed by atoms with E-state index in [9.17, 15) is 4.79 Å². The summed E-state index contributed by atoms with van der Waals surface area (Å²) < 4.78 is 1.00. The van der Waals surface area contributed by atoms with Crippen molar-refractivity contribution in [2.75, 3.05) is 19.6 Å². The van der Waals surface area contributed by atoms with Crippen molar-refractivity contribution in [2.24, 2.45) is 11.1 Å². The van der Waals surface area contributed by atoms with E-state index >= 15 is 0 Å². The molecule has 0 aliphatic carbocycles. The van der Waals surface area contributed by atoms with Gasteiger partial charge in [-0.2, -0.15) is 0 Å². The number of nitrogens with two attached hydrogens (primary N) is 1. The van der Waals surface area contributed by atoms with Gasteiger partial charge in [-0.3, -0.25) is 4.79 Å². The monoisotopic (exact) mass is 326 g/mol. The summed E-state index contributed by atoms with van der Waals surface area (Å²) >= 11 is 3.42. The fourth-order valence-electron chi connectivity index (χ4n) is 1.89. The topological polar surface area (TPSA) is 46.3 Å². The normalized spacial score (nSPS) is 11.4. The maximum absolute atomic E-state index is 12.3. The molecule has 0 bridgehead atoms. The molecule has 0 saturated heterocycles. The zero-order valence-corrected chi connectivity index (χ0v) is 13.5. The molecule has 1 aromatic rings. The number of rotatable bonds is 6. The highest BCUT2D eigenvalue weighted by Crippen LogP contribution is 2.17. The first-order chi connectivity index (χ1) is 8.88. The molecule has 3 nitrogen and oxygen atoms in total. The third-order valence-electron chi connectivity index (χ3n) is 3.15. The second-order valence-corrected chi connectivity index (χ2v) is 6.50. The first-order valence-electron chi connectivity index (χ1n) is 6.60. The molecule has 1 aromatic carbocycles. The molecular formula is C15H23BrN2O. The van der Waals surface area contributed by atoms with E-state index in [1.165, 1.54) is 0 Å². The van der Waals surface area contributed by atoms with Gasteiger partial charge in [0.2, 0.25) is 5.91 Å². The van der Waals surface area contributed by atoms with Crippen molar-refractivity contribution < 1.29 is 4.79 Å². The number of amides is 1. The Balaban J connectivity index is 2.69. The molecule has 0 aliphatic heterocycles. The van der Waals surface area contributed by atoms with E-state index in [4.69, 9.17) is 5.73 Å². The summed E-state index contributed by atoms with van der Waals surface area (Å²) in [6.07, 6.45) is 0.438. The summed E-state index contributed by atoms with van der Waals surface area (Å²) in [5, 5.41) is 0. The van der Waals surface area contributed by atoms with E-state index in [-0.39, 0.29) is 11.3 Å². The smallest absolute Gasteiger partial charge is 0.226 e. The SMILES string of the molecule is CCN(CC(C)(C)CN)C(=O)Cc1cccc(Br)c1. The number of likely N-dealkylation sites (N-methyl/N-ethyl adjacent to an activating group) is 1. The van der Waals surface area contributed by atoms with Gasteiger partial charge in [0.05, 0.1) is 6.42 Å². The van der Waals surface area contributed by atoms with Crippen LogP contribution >= 0.6 is 15.9 Å². The fourth-order valence-corrected chi connectivity index (χ4v) is 2.34. The second kappa shape index (κ2) is 7.06. The molecule has 0 heterocycles. The van der Waals surface area contributed by atoms with Gasteiger partial charge >= 0.3 is 0 Å². The van der Waals surface area contributed by atoms with E-state index < -0.39 is 0 Å². The average molecular weight is 327 g/mol. The molecule has 0 radical (unpaired) electrons. The Morgan fingerprint density at radius 2 is 2.11 bits per heavy atom. The molecule has 0 fully saturated rings. The number of hydrogen-bond donors (Lipinski definition) is 1. The van der Waals surface area contributed by atoms with Gasteiger partial charge in [-0.05, 0) is 36.6 Å². The van der Waals surface area contributed by atoms with Gasteiger partial charge in [-0.15, -0.1) is 0 Å². The molecule has 1 rings (SSSR count). The third kappa shape index (κ3) is 5.33. The van der Waals surface area contributed by atoms with Crippen LogP contribution < -0.4 is 5.73 Å². The highest BCUT2D eigenvalue weighted by atomic mass is 79.9. The van der Waals surface area contributed by atoms with Crippen LogP contribution in [0.4, 0.5) is 0 Å². The lowest BCUT2D eigenvalue weighted by atomic mass is 9.93. The molecule has 0 spiro atoms. The first kappa shape index (κ1) is 16.2. The maximum Gasteiger partial charge on any atom is 0.226 e. The molecular weight excluding hydrogens is 304 g/mol. The van der Waals surface area contributed by atoms with Gasteiger partial charge < -0.3 is 10.6 Å². The number of carbonyl (C=O) groups excluding carboxylic acids is 1. The molecule has 1 amide bonds. The van der Waals surface area contributed by atoms with Gasteiger partial charge in [0.25, 0.3) is 0 Å². The largest absolute Gasteiger partial charge is 0.342 e. The van der Waals surface area contributed by atoms with Crippen LogP contribution in [0, 0.1) is 5.41 Å². The standard InChI is InChI=1S/C15H23BrN2O/c1-4-18(11-15(2,3)10-17)14(19)9-12-6-5-7-13(16)8-12/h5-8H,4,9-11,17H2,1-3H3. The van der Waals surface area contributed by atoms with E-state index in [0.29, 0.717) is 19.5 Å². The van der Waals surface area contributed by atoms with Crippen LogP contribution in [0.1, 0.15) is 26.3 Å². The molecule has 0 aliphatic rings. The summed E-state index contributed by atoms with van der Waals surface area (Å²) in [6.45, 7) is 8.17. The van der Waals surface area contributed by atoms with Gasteiger partial charge in [0, 0.05) is 17.6 Å². The van der Waals surface area contributed by atoms with Gasteiger partial charge in [-0.1, -0.05) is 41.9 Å². The van der Waals surface area contributed by atoms with E-state index in [2.05, 4.69) is 29.8 Å². The van der Waals surface area contributed by atoms with Gasteiger partial charge in [0.1, 0.15) is 0 Å². The van der Waals surface area contributed by atoms with E-state index in [1.807, 2.05) is 36.1 Å². The highest BCUT2D eigenvalue weighted by Gasteiger charge is 2.22. The zero-order chi connectivity index (χ0) is 14.5. The Bertz CT molecular complexity index is 432. The number of benzene rings is 1. The summed E-state index contributed by atoms with van der Waals surface area (Å²) in [4.78, 5) is 14.2. The predicted molar refractivity (Wildman–Crippen MR) is 82.9 cm³/mol. The number of carbonyl (C=O) groups is 1. The first-order valence-corrected chi connectivity index (χ1v) is 7.39. The molecule has 0 atom stereocenters. The lowest BCUT2D eigenvalue weighted by molar-refractivity contribution is -0.131. The summed E-state index contributed by atoms with van der Waals surface area (Å²) in [6, 6.07) is 7.88. The Labute approximate surface area is 124 Å². The van der Waals surface area contributed by atoms with Crippen molar-refractivity contribution >= 4 is 21.8 Å². The summed E-state index contributed by atoms with van der Waals surface area (Å²) in [5.74, 6) is 0.155.